The van der Waals surface area contributed by atoms with Crippen LogP contribution >= 0.6 is 0 Å². The lowest BCUT2D eigenvalue weighted by atomic mass is 10.0. The molecule has 14 heavy (non-hydrogen) atoms. The number of hydrogen-bond donors (Lipinski definition) is 2. The Labute approximate surface area is 86.6 Å². The Bertz CT molecular complexity index is 257. The molecule has 0 aromatic carbocycles. The number of aliphatic hydroxyl groups is 1. The molecular formula is C9H21NO3S. The standard InChI is InChI=1S/C9H21NO3S/c1-8(2)14(12,13)6-5-9(3,11)7-10-4/h8,10-11H,5-7H2,1-4H3. The lowest BCUT2D eigenvalue weighted by Gasteiger charge is -2.23. The predicted molar refractivity (Wildman–Crippen MR) is 58.1 cm³/mol. The molecule has 0 aromatic heterocycles. The highest BCUT2D eigenvalue weighted by molar-refractivity contribution is 7.91. The van der Waals surface area contributed by atoms with Crippen LogP contribution in [-0.4, -0.2) is 43.7 Å². The van der Waals surface area contributed by atoms with E-state index >= 15 is 0 Å². The van der Waals surface area contributed by atoms with Crippen LogP contribution in [0.4, 0.5) is 0 Å². The fourth-order valence-electron chi connectivity index (χ4n) is 1.07. The van der Waals surface area contributed by atoms with Gasteiger partial charge in [0, 0.05) is 6.54 Å². The van der Waals surface area contributed by atoms with Crippen LogP contribution in [0.2, 0.25) is 0 Å². The molecule has 0 radical (unpaired) electrons. The first-order valence-electron chi connectivity index (χ1n) is 4.80. The zero-order valence-electron chi connectivity index (χ0n) is 9.37. The van der Waals surface area contributed by atoms with Crippen molar-refractivity contribution in [3.63, 3.8) is 0 Å². The maximum Gasteiger partial charge on any atom is 0.152 e. The Morgan fingerprint density at radius 2 is 1.93 bits per heavy atom. The second-order valence-electron chi connectivity index (χ2n) is 4.19. The molecule has 4 nitrogen and oxygen atoms in total. The molecule has 0 fully saturated rings. The van der Waals surface area contributed by atoms with Gasteiger partial charge in [-0.2, -0.15) is 0 Å². The van der Waals surface area contributed by atoms with Crippen molar-refractivity contribution in [2.75, 3.05) is 19.3 Å². The van der Waals surface area contributed by atoms with Gasteiger partial charge in [-0.1, -0.05) is 0 Å². The Kier molecular flexibility index (Phi) is 5.05. The van der Waals surface area contributed by atoms with Crippen LogP contribution in [0.15, 0.2) is 0 Å². The maximum atomic E-state index is 11.4. The highest BCUT2D eigenvalue weighted by Crippen LogP contribution is 2.12. The molecule has 86 valence electrons. The summed E-state index contributed by atoms with van der Waals surface area (Å²) in [4.78, 5) is 0. The van der Waals surface area contributed by atoms with E-state index in [4.69, 9.17) is 0 Å². The SMILES string of the molecule is CNCC(C)(O)CCS(=O)(=O)C(C)C. The molecule has 0 saturated carbocycles. The molecule has 0 spiro atoms. The molecule has 2 N–H and O–H groups in total. The summed E-state index contributed by atoms with van der Waals surface area (Å²) >= 11 is 0. The third kappa shape index (κ3) is 4.93. The first-order chi connectivity index (χ1) is 6.21. The van der Waals surface area contributed by atoms with Gasteiger partial charge in [-0.3, -0.25) is 0 Å². The minimum absolute atomic E-state index is 0.0410. The van der Waals surface area contributed by atoms with E-state index in [-0.39, 0.29) is 17.4 Å². The molecule has 1 atom stereocenters. The molecule has 0 aliphatic carbocycles. The number of sulfone groups is 1. The summed E-state index contributed by atoms with van der Waals surface area (Å²) in [5.41, 5.74) is -0.948. The van der Waals surface area contributed by atoms with Gasteiger partial charge >= 0.3 is 0 Å². The second kappa shape index (κ2) is 5.09. The van der Waals surface area contributed by atoms with E-state index in [1.54, 1.807) is 27.8 Å². The Morgan fingerprint density at radius 3 is 2.29 bits per heavy atom. The van der Waals surface area contributed by atoms with Crippen LogP contribution < -0.4 is 5.32 Å². The zero-order chi connectivity index (χ0) is 11.4. The Balaban J connectivity index is 4.19. The number of hydrogen-bond acceptors (Lipinski definition) is 4. The summed E-state index contributed by atoms with van der Waals surface area (Å²) in [6.45, 7) is 5.35. The smallest absolute Gasteiger partial charge is 0.152 e. The molecule has 0 aliphatic rings. The van der Waals surface area contributed by atoms with Crippen molar-refractivity contribution in [1.82, 2.24) is 5.32 Å². The van der Waals surface area contributed by atoms with Crippen LogP contribution in [0.1, 0.15) is 27.2 Å². The van der Waals surface area contributed by atoms with Crippen molar-refractivity contribution in [2.24, 2.45) is 0 Å². The van der Waals surface area contributed by atoms with E-state index in [9.17, 15) is 13.5 Å². The van der Waals surface area contributed by atoms with Crippen molar-refractivity contribution in [1.29, 1.82) is 0 Å². The normalized spacial score (nSPS) is 17.0. The summed E-state index contributed by atoms with van der Waals surface area (Å²) in [6.07, 6.45) is 0.272. The van der Waals surface area contributed by atoms with Gasteiger partial charge in [0.15, 0.2) is 9.84 Å². The molecule has 0 aromatic rings. The van der Waals surface area contributed by atoms with Gasteiger partial charge in [-0.25, -0.2) is 8.42 Å². The highest BCUT2D eigenvalue weighted by atomic mass is 32.2. The third-order valence-corrected chi connectivity index (χ3v) is 4.41. The fourth-order valence-corrected chi connectivity index (χ4v) is 2.26. The van der Waals surface area contributed by atoms with Gasteiger partial charge in [0.05, 0.1) is 16.6 Å². The van der Waals surface area contributed by atoms with Crippen LogP contribution in [-0.2, 0) is 9.84 Å². The van der Waals surface area contributed by atoms with E-state index in [0.29, 0.717) is 6.54 Å². The first kappa shape index (κ1) is 13.9. The molecule has 0 amide bonds. The molecule has 0 rings (SSSR count). The third-order valence-electron chi connectivity index (χ3n) is 2.20. The molecule has 1 unspecified atom stereocenters. The van der Waals surface area contributed by atoms with E-state index in [0.717, 1.165) is 0 Å². The summed E-state index contributed by atoms with van der Waals surface area (Å²) in [7, 11) is -1.31. The molecule has 0 saturated heterocycles. The van der Waals surface area contributed by atoms with Crippen LogP contribution in [0.5, 0.6) is 0 Å². The first-order valence-corrected chi connectivity index (χ1v) is 6.51. The van der Waals surface area contributed by atoms with Crippen molar-refractivity contribution in [2.45, 2.75) is 38.0 Å². The second-order valence-corrected chi connectivity index (χ2v) is 6.87. The van der Waals surface area contributed by atoms with Crippen molar-refractivity contribution in [3.8, 4) is 0 Å². The average Bonchev–Trinajstić information content (AvgIpc) is 2.01. The highest BCUT2D eigenvalue weighted by Gasteiger charge is 2.24. The van der Waals surface area contributed by atoms with Gasteiger partial charge in [-0.15, -0.1) is 0 Å². The maximum absolute atomic E-state index is 11.4. The zero-order valence-corrected chi connectivity index (χ0v) is 10.2. The minimum atomic E-state index is -3.04. The fraction of sp³-hybridized carbons (Fsp3) is 1.00. The molecule has 5 heteroatoms. The summed E-state index contributed by atoms with van der Waals surface area (Å²) < 4.78 is 22.9. The predicted octanol–water partition coefficient (Wildman–Crippen LogP) is 0.170. The minimum Gasteiger partial charge on any atom is -0.389 e. The summed E-state index contributed by atoms with van der Waals surface area (Å²) in [5.74, 6) is 0.0410. The molecule has 0 aliphatic heterocycles. The summed E-state index contributed by atoms with van der Waals surface area (Å²) in [6, 6.07) is 0. The van der Waals surface area contributed by atoms with E-state index < -0.39 is 15.4 Å². The van der Waals surface area contributed by atoms with Crippen molar-refractivity contribution in [3.05, 3.63) is 0 Å². The largest absolute Gasteiger partial charge is 0.389 e. The van der Waals surface area contributed by atoms with E-state index in [1.807, 2.05) is 0 Å². The van der Waals surface area contributed by atoms with E-state index in [1.165, 1.54) is 0 Å². The molecule has 0 bridgehead atoms. The number of likely N-dealkylation sites (N-methyl/N-ethyl adjacent to an activating group) is 1. The van der Waals surface area contributed by atoms with Crippen LogP contribution in [0.25, 0.3) is 0 Å². The van der Waals surface area contributed by atoms with Gasteiger partial charge in [-0.05, 0) is 34.2 Å². The van der Waals surface area contributed by atoms with Crippen molar-refractivity contribution >= 4 is 9.84 Å². The molecule has 0 heterocycles. The monoisotopic (exact) mass is 223 g/mol. The Morgan fingerprint density at radius 1 is 1.43 bits per heavy atom. The lowest BCUT2D eigenvalue weighted by Crippen LogP contribution is -2.38. The molecular weight excluding hydrogens is 202 g/mol. The van der Waals surface area contributed by atoms with Crippen LogP contribution in [0.3, 0.4) is 0 Å². The Hall–Kier alpha value is -0.130. The van der Waals surface area contributed by atoms with Gasteiger partial charge < -0.3 is 10.4 Å². The van der Waals surface area contributed by atoms with Gasteiger partial charge in [0.2, 0.25) is 0 Å². The lowest BCUT2D eigenvalue weighted by molar-refractivity contribution is 0.0586. The average molecular weight is 223 g/mol. The number of rotatable bonds is 6. The summed E-state index contributed by atoms with van der Waals surface area (Å²) in [5, 5.41) is 12.2. The topological polar surface area (TPSA) is 66.4 Å². The van der Waals surface area contributed by atoms with Crippen molar-refractivity contribution < 1.29 is 13.5 Å². The van der Waals surface area contributed by atoms with E-state index in [2.05, 4.69) is 5.32 Å². The van der Waals surface area contributed by atoms with Gasteiger partial charge in [0.25, 0.3) is 0 Å². The number of nitrogens with one attached hydrogen (secondary N) is 1. The van der Waals surface area contributed by atoms with Gasteiger partial charge in [0.1, 0.15) is 0 Å². The van der Waals surface area contributed by atoms with Crippen LogP contribution in [0, 0.1) is 0 Å². The quantitative estimate of drug-likeness (QED) is 0.673.